The molecule has 4 saturated heterocycles. The Bertz CT molecular complexity index is 1960. The van der Waals surface area contributed by atoms with Crippen molar-refractivity contribution in [3.63, 3.8) is 0 Å². The Labute approximate surface area is 444 Å². The minimum absolute atomic E-state index is 0.0720. The van der Waals surface area contributed by atoms with Crippen LogP contribution in [0.5, 0.6) is 0 Å². The van der Waals surface area contributed by atoms with E-state index in [1.165, 1.54) is 0 Å². The minimum atomic E-state index is -1.87. The second kappa shape index (κ2) is 23.2. The second-order valence-corrected chi connectivity index (χ2v) is 25.2. The third kappa shape index (κ3) is 10.5. The lowest BCUT2D eigenvalue weighted by Crippen LogP contribution is -2.70. The van der Waals surface area contributed by atoms with Gasteiger partial charge in [-0.25, -0.2) is 0 Å². The summed E-state index contributed by atoms with van der Waals surface area (Å²) in [7, 11) is 0. The summed E-state index contributed by atoms with van der Waals surface area (Å²) >= 11 is 0. The molecular weight excluding hydrogens is 1000 g/mol. The maximum absolute atomic E-state index is 12.5. The van der Waals surface area contributed by atoms with E-state index in [4.69, 9.17) is 37.9 Å². The molecule has 23 heteroatoms. The Morgan fingerprint density at radius 2 is 1.17 bits per heavy atom. The van der Waals surface area contributed by atoms with Crippen molar-refractivity contribution < 1.29 is 114 Å². The largest absolute Gasteiger partial charge is 0.396 e. The quantitative estimate of drug-likeness (QED) is 0.0557. The van der Waals surface area contributed by atoms with Crippen LogP contribution in [0.1, 0.15) is 106 Å². The Kier molecular flexibility index (Phi) is 18.6. The molecule has 15 N–H and O–H groups in total. The summed E-state index contributed by atoms with van der Waals surface area (Å²) < 4.78 is 48.5. The first-order chi connectivity index (χ1) is 35.7. The van der Waals surface area contributed by atoms with Crippen LogP contribution in [0, 0.1) is 45.3 Å². The van der Waals surface area contributed by atoms with Gasteiger partial charge in [0.2, 0.25) is 0 Å². The van der Waals surface area contributed by atoms with Gasteiger partial charge >= 0.3 is 0 Å². The molecule has 4 aliphatic heterocycles. The molecule has 0 spiro atoms. The number of allylic oxidation sites excluding steroid dienone is 2. The standard InChI is InChI=1S/C53H90O23/c1-23(2)9-8-14-52(7,76-47-42(68)38(64)36(62)30(73-47)21-70-45-40(66)33(59)27(58)20-69-45)25-12-15-50(5)24(25)10-11-32-51(50,6)16-13-31-49(3,4)44(26(57)17-53(31,32)22-56)75-48-43(39(65)35(61)29(19-55)72-48)74-46-41(67)37(63)34(60)28(18-54)71-46/h9,24-48,54-68H,8,10-22H2,1-7H3/t24-,25+,26-,27+,28+,29+,30+,31-,32+,33-,34+,35+,36+,37-,38-,39-,40+,41+,42+,43+,44+,45-,46-,47-,48-,50-,51+,52+,53-/m1/s1. The summed E-state index contributed by atoms with van der Waals surface area (Å²) in [6.07, 6.45) is -24.7. The van der Waals surface area contributed by atoms with Gasteiger partial charge < -0.3 is 114 Å². The average Bonchev–Trinajstić information content (AvgIpc) is 3.93. The molecule has 0 bridgehead atoms. The molecule has 8 fully saturated rings. The van der Waals surface area contributed by atoms with E-state index in [9.17, 15) is 76.6 Å². The molecule has 0 aromatic rings. The number of hydrogen-bond acceptors (Lipinski definition) is 23. The van der Waals surface area contributed by atoms with E-state index in [-0.39, 0.29) is 54.1 Å². The molecule has 23 nitrogen and oxygen atoms in total. The fourth-order valence-electron chi connectivity index (χ4n) is 16.1. The molecule has 0 amide bonds. The normalized spacial score (nSPS) is 52.2. The smallest absolute Gasteiger partial charge is 0.187 e. The van der Waals surface area contributed by atoms with Crippen molar-refractivity contribution in [1.29, 1.82) is 0 Å². The van der Waals surface area contributed by atoms with Crippen LogP contribution in [0.3, 0.4) is 0 Å². The molecule has 0 radical (unpaired) electrons. The lowest BCUT2D eigenvalue weighted by atomic mass is 9.35. The Morgan fingerprint density at radius 1 is 0.592 bits per heavy atom. The van der Waals surface area contributed by atoms with Gasteiger partial charge in [-0.05, 0) is 118 Å². The highest BCUT2D eigenvalue weighted by Gasteiger charge is 2.72. The minimum Gasteiger partial charge on any atom is -0.396 e. The summed E-state index contributed by atoms with van der Waals surface area (Å²) in [5.74, 6) is -0.342. The number of ether oxygens (including phenoxy) is 8. The predicted molar refractivity (Wildman–Crippen MR) is 262 cm³/mol. The van der Waals surface area contributed by atoms with E-state index < -0.39 is 165 Å². The van der Waals surface area contributed by atoms with Crippen LogP contribution in [-0.2, 0) is 37.9 Å². The molecule has 76 heavy (non-hydrogen) atoms. The highest BCUT2D eigenvalue weighted by Crippen LogP contribution is 2.76. The molecule has 0 aromatic heterocycles. The van der Waals surface area contributed by atoms with Crippen molar-refractivity contribution in [2.75, 3.05) is 33.0 Å². The zero-order valence-corrected chi connectivity index (χ0v) is 44.9. The monoisotopic (exact) mass is 1090 g/mol. The second-order valence-electron chi connectivity index (χ2n) is 25.2. The fraction of sp³-hybridized carbons (Fsp3) is 0.962. The molecule has 0 aromatic carbocycles. The van der Waals surface area contributed by atoms with Crippen LogP contribution < -0.4 is 0 Å². The van der Waals surface area contributed by atoms with Crippen molar-refractivity contribution in [2.24, 2.45) is 45.3 Å². The molecule has 4 heterocycles. The number of fused-ring (bicyclic) bond motifs is 5. The van der Waals surface area contributed by atoms with Gasteiger partial charge in [0.1, 0.15) is 91.6 Å². The van der Waals surface area contributed by atoms with Crippen molar-refractivity contribution in [3.8, 4) is 0 Å². The zero-order chi connectivity index (χ0) is 55.8. The predicted octanol–water partition coefficient (Wildman–Crippen LogP) is -2.59. The highest BCUT2D eigenvalue weighted by molar-refractivity contribution is 5.21. The van der Waals surface area contributed by atoms with Gasteiger partial charge in [-0.2, -0.15) is 0 Å². The first-order valence-electron chi connectivity index (χ1n) is 27.5. The third-order valence-corrected chi connectivity index (χ3v) is 20.5. The third-order valence-electron chi connectivity index (χ3n) is 20.5. The van der Waals surface area contributed by atoms with Crippen LogP contribution in [0.25, 0.3) is 0 Å². The molecule has 440 valence electrons. The van der Waals surface area contributed by atoms with E-state index in [1.54, 1.807) is 0 Å². The lowest BCUT2D eigenvalue weighted by Gasteiger charge is -2.71. The molecule has 29 atom stereocenters. The maximum atomic E-state index is 12.5. The van der Waals surface area contributed by atoms with Crippen molar-refractivity contribution >= 4 is 0 Å². The summed E-state index contributed by atoms with van der Waals surface area (Å²) in [5, 5.41) is 163. The molecule has 4 saturated carbocycles. The van der Waals surface area contributed by atoms with Crippen LogP contribution in [0.2, 0.25) is 0 Å². The van der Waals surface area contributed by atoms with Crippen molar-refractivity contribution in [3.05, 3.63) is 11.6 Å². The van der Waals surface area contributed by atoms with E-state index in [2.05, 4.69) is 19.9 Å². The highest BCUT2D eigenvalue weighted by atomic mass is 16.8. The van der Waals surface area contributed by atoms with Crippen LogP contribution in [0.4, 0.5) is 0 Å². The summed E-state index contributed by atoms with van der Waals surface area (Å²) in [4.78, 5) is 0. The number of rotatable bonds is 16. The molecular formula is C53H90O23. The van der Waals surface area contributed by atoms with Crippen LogP contribution >= 0.6 is 0 Å². The van der Waals surface area contributed by atoms with Gasteiger partial charge in [-0.3, -0.25) is 0 Å². The zero-order valence-electron chi connectivity index (χ0n) is 44.9. The summed E-state index contributed by atoms with van der Waals surface area (Å²) in [5.41, 5.74) is -2.26. The van der Waals surface area contributed by atoms with Crippen molar-refractivity contribution in [2.45, 2.75) is 241 Å². The Morgan fingerprint density at radius 3 is 1.80 bits per heavy atom. The number of aliphatic hydroxyl groups is 15. The van der Waals surface area contributed by atoms with E-state index in [1.807, 2.05) is 34.6 Å². The van der Waals surface area contributed by atoms with Crippen LogP contribution in [0.15, 0.2) is 11.6 Å². The number of hydrogen-bond donors (Lipinski definition) is 15. The summed E-state index contributed by atoms with van der Waals surface area (Å²) in [6, 6.07) is 0. The van der Waals surface area contributed by atoms with E-state index >= 15 is 0 Å². The van der Waals surface area contributed by atoms with Gasteiger partial charge in [-0.1, -0.05) is 39.3 Å². The maximum Gasteiger partial charge on any atom is 0.187 e. The first-order valence-corrected chi connectivity index (χ1v) is 27.5. The topological polar surface area (TPSA) is 377 Å². The SMILES string of the molecule is CC(C)=CCC[C@](C)(O[C@H]1O[C@@H](CO[C@H]2OC[C@H](O)[C@@H](O)[C@@H]2O)[C@H](O)[C@@H](O)[C@@H]1O)[C@H]1CC[C@]2(C)[C@@H]1CC[C@@H]1[C@@]3(CO)C[C@@H](O)[C@H](O[C@H]4O[C@@H](CO)[C@H](O)[C@@H](O)[C@@H]4O[C@H]4O[C@@H](CO)[C@H](O)[C@@H](O)[C@@H]4O)C(C)(C)[C@H]3CC[C@@]12C. The summed E-state index contributed by atoms with van der Waals surface area (Å²) in [6.45, 7) is 12.1. The van der Waals surface area contributed by atoms with E-state index in [0.29, 0.717) is 25.7 Å². The van der Waals surface area contributed by atoms with Gasteiger partial charge in [0.05, 0.1) is 44.2 Å². The molecule has 8 rings (SSSR count). The lowest BCUT2D eigenvalue weighted by molar-refractivity contribution is -0.383. The fourth-order valence-corrected chi connectivity index (χ4v) is 16.1. The molecule has 4 aliphatic carbocycles. The van der Waals surface area contributed by atoms with Gasteiger partial charge in [0.25, 0.3) is 0 Å². The van der Waals surface area contributed by atoms with Gasteiger partial charge in [0, 0.05) is 12.0 Å². The van der Waals surface area contributed by atoms with Crippen molar-refractivity contribution in [1.82, 2.24) is 0 Å². The van der Waals surface area contributed by atoms with E-state index in [0.717, 1.165) is 31.3 Å². The van der Waals surface area contributed by atoms with Gasteiger partial charge in [0.15, 0.2) is 25.2 Å². The van der Waals surface area contributed by atoms with Crippen LogP contribution in [-0.4, -0.2) is 244 Å². The first kappa shape index (κ1) is 60.9. The Hall–Kier alpha value is -1.18. The molecule has 0 unspecified atom stereocenters. The van der Waals surface area contributed by atoms with Gasteiger partial charge in [-0.15, -0.1) is 0 Å². The Balaban J connectivity index is 1.02. The average molecular weight is 1100 g/mol. The molecule has 8 aliphatic rings. The number of aliphatic hydroxyl groups excluding tert-OH is 15.